The molecule has 0 aliphatic carbocycles. The molecule has 1 aromatic rings. The van der Waals surface area contributed by atoms with Gasteiger partial charge in [0.15, 0.2) is 5.78 Å². The first-order valence-corrected chi connectivity index (χ1v) is 7.80. The summed E-state index contributed by atoms with van der Waals surface area (Å²) in [5, 5.41) is 0. The molecule has 1 saturated heterocycles. The van der Waals surface area contributed by atoms with Crippen molar-refractivity contribution < 1.29 is 32.2 Å². The third-order valence-corrected chi connectivity index (χ3v) is 3.55. The molecule has 25 heavy (non-hydrogen) atoms. The number of likely N-dealkylation sites (tertiary alicyclic amines) is 1. The standard InChI is InChI=1S/C17H20F3NO4/c1-16(2,3)25-15(23)21-10-12(24-17(18,19)20)9-13(21)14(22)11-7-5-4-6-8-11/h4-8,12-13H,9-10H2,1-3H3/t12-,13+/m1/s1. The van der Waals surface area contributed by atoms with Crippen LogP contribution in [0.5, 0.6) is 0 Å². The van der Waals surface area contributed by atoms with E-state index in [-0.39, 0.29) is 13.0 Å². The Morgan fingerprint density at radius 1 is 1.12 bits per heavy atom. The van der Waals surface area contributed by atoms with Crippen LogP contribution >= 0.6 is 0 Å². The van der Waals surface area contributed by atoms with Crippen molar-refractivity contribution in [2.45, 2.75) is 51.3 Å². The number of rotatable bonds is 3. The second-order valence-electron chi connectivity index (χ2n) is 6.80. The van der Waals surface area contributed by atoms with Crippen molar-refractivity contribution in [2.75, 3.05) is 6.54 Å². The van der Waals surface area contributed by atoms with Crippen molar-refractivity contribution in [1.82, 2.24) is 4.90 Å². The second kappa shape index (κ2) is 7.03. The summed E-state index contributed by atoms with van der Waals surface area (Å²) in [5.41, 5.74) is -0.519. The molecular weight excluding hydrogens is 339 g/mol. The highest BCUT2D eigenvalue weighted by atomic mass is 19.4. The van der Waals surface area contributed by atoms with Gasteiger partial charge in [0, 0.05) is 12.0 Å². The summed E-state index contributed by atoms with van der Waals surface area (Å²) in [5.74, 6) is -0.445. The minimum Gasteiger partial charge on any atom is -0.444 e. The number of amides is 1. The van der Waals surface area contributed by atoms with E-state index in [1.54, 1.807) is 51.1 Å². The van der Waals surface area contributed by atoms with Crippen LogP contribution in [0.2, 0.25) is 0 Å². The van der Waals surface area contributed by atoms with Gasteiger partial charge in [0.2, 0.25) is 0 Å². The van der Waals surface area contributed by atoms with Gasteiger partial charge in [0.1, 0.15) is 11.6 Å². The summed E-state index contributed by atoms with van der Waals surface area (Å²) in [4.78, 5) is 26.0. The number of alkyl halides is 3. The van der Waals surface area contributed by atoms with Gasteiger partial charge in [-0.2, -0.15) is 0 Å². The smallest absolute Gasteiger partial charge is 0.444 e. The fourth-order valence-electron chi connectivity index (χ4n) is 2.64. The fraction of sp³-hybridized carbons (Fsp3) is 0.529. The van der Waals surface area contributed by atoms with Crippen molar-refractivity contribution >= 4 is 11.9 Å². The van der Waals surface area contributed by atoms with Crippen molar-refractivity contribution in [3.05, 3.63) is 35.9 Å². The molecule has 0 spiro atoms. The Balaban J connectivity index is 2.22. The summed E-state index contributed by atoms with van der Waals surface area (Å²) in [6.45, 7) is 4.55. The Hall–Kier alpha value is -2.09. The van der Waals surface area contributed by atoms with Gasteiger partial charge in [-0.05, 0) is 20.8 Å². The molecule has 1 fully saturated rings. The monoisotopic (exact) mass is 359 g/mol. The zero-order valence-corrected chi connectivity index (χ0v) is 14.2. The van der Waals surface area contributed by atoms with Gasteiger partial charge in [0.05, 0.1) is 12.6 Å². The lowest BCUT2D eigenvalue weighted by molar-refractivity contribution is -0.340. The van der Waals surface area contributed by atoms with E-state index in [2.05, 4.69) is 4.74 Å². The van der Waals surface area contributed by atoms with Crippen molar-refractivity contribution in [1.29, 1.82) is 0 Å². The van der Waals surface area contributed by atoms with E-state index in [4.69, 9.17) is 4.74 Å². The van der Waals surface area contributed by atoms with Crippen LogP contribution in [0.3, 0.4) is 0 Å². The van der Waals surface area contributed by atoms with Crippen LogP contribution in [0.25, 0.3) is 0 Å². The number of ketones is 1. The van der Waals surface area contributed by atoms with E-state index >= 15 is 0 Å². The Labute approximate surface area is 143 Å². The lowest BCUT2D eigenvalue weighted by atomic mass is 10.0. The van der Waals surface area contributed by atoms with Crippen LogP contribution in [0, 0.1) is 0 Å². The van der Waals surface area contributed by atoms with Crippen LogP contribution < -0.4 is 0 Å². The van der Waals surface area contributed by atoms with Gasteiger partial charge in [0.25, 0.3) is 0 Å². The Kier molecular flexibility index (Phi) is 5.41. The summed E-state index contributed by atoms with van der Waals surface area (Å²) in [6.07, 6.45) is -7.23. The molecule has 1 amide bonds. The molecule has 0 radical (unpaired) electrons. The number of Topliss-reactive ketones (excluding diaryl/α,β-unsaturated/α-hetero) is 1. The molecule has 8 heteroatoms. The van der Waals surface area contributed by atoms with Crippen LogP contribution in [0.4, 0.5) is 18.0 Å². The van der Waals surface area contributed by atoms with Crippen LogP contribution in [0.1, 0.15) is 37.6 Å². The van der Waals surface area contributed by atoms with Gasteiger partial charge in [-0.15, -0.1) is 13.2 Å². The lowest BCUT2D eigenvalue weighted by Crippen LogP contribution is -2.43. The Morgan fingerprint density at radius 3 is 2.24 bits per heavy atom. The normalized spacial score (nSPS) is 21.3. The predicted molar refractivity (Wildman–Crippen MR) is 83.0 cm³/mol. The third-order valence-electron chi connectivity index (χ3n) is 3.55. The van der Waals surface area contributed by atoms with Crippen molar-refractivity contribution in [2.24, 2.45) is 0 Å². The number of halogens is 3. The first-order valence-electron chi connectivity index (χ1n) is 7.80. The van der Waals surface area contributed by atoms with Crippen LogP contribution in [-0.2, 0) is 9.47 Å². The topological polar surface area (TPSA) is 55.8 Å². The molecule has 0 unspecified atom stereocenters. The van der Waals surface area contributed by atoms with Crippen molar-refractivity contribution in [3.8, 4) is 0 Å². The van der Waals surface area contributed by atoms with Gasteiger partial charge < -0.3 is 4.74 Å². The Bertz CT molecular complexity index is 625. The maximum Gasteiger partial charge on any atom is 0.522 e. The average Bonchev–Trinajstić information content (AvgIpc) is 2.87. The number of nitrogens with zero attached hydrogens (tertiary/aromatic N) is 1. The molecule has 5 nitrogen and oxygen atoms in total. The van der Waals surface area contributed by atoms with E-state index in [1.165, 1.54) is 0 Å². The number of carbonyl (C=O) groups excluding carboxylic acids is 2. The molecule has 0 bridgehead atoms. The highest BCUT2D eigenvalue weighted by Gasteiger charge is 2.46. The fourth-order valence-corrected chi connectivity index (χ4v) is 2.64. The summed E-state index contributed by atoms with van der Waals surface area (Å²) >= 11 is 0. The van der Waals surface area contributed by atoms with Crippen LogP contribution in [-0.4, -0.2) is 47.4 Å². The number of hydrogen-bond acceptors (Lipinski definition) is 4. The highest BCUT2D eigenvalue weighted by Crippen LogP contribution is 2.30. The first kappa shape index (κ1) is 19.2. The largest absolute Gasteiger partial charge is 0.522 e. The molecule has 0 N–H and O–H groups in total. The highest BCUT2D eigenvalue weighted by molar-refractivity contribution is 6.01. The van der Waals surface area contributed by atoms with Gasteiger partial charge in [-0.1, -0.05) is 30.3 Å². The number of hydrogen-bond donors (Lipinski definition) is 0. The molecule has 1 aliphatic heterocycles. The zero-order valence-electron chi connectivity index (χ0n) is 14.2. The second-order valence-corrected chi connectivity index (χ2v) is 6.80. The van der Waals surface area contributed by atoms with E-state index < -0.39 is 36.0 Å². The summed E-state index contributed by atoms with van der Waals surface area (Å²) < 4.78 is 46.8. The number of benzene rings is 1. The molecule has 2 rings (SSSR count). The molecule has 1 aromatic carbocycles. The van der Waals surface area contributed by atoms with Crippen LogP contribution in [0.15, 0.2) is 30.3 Å². The zero-order chi connectivity index (χ0) is 18.8. The van der Waals surface area contributed by atoms with Gasteiger partial charge in [-0.3, -0.25) is 14.4 Å². The third kappa shape index (κ3) is 5.45. The van der Waals surface area contributed by atoms with Gasteiger partial charge in [-0.25, -0.2) is 4.79 Å². The number of carbonyl (C=O) groups is 2. The Morgan fingerprint density at radius 2 is 1.72 bits per heavy atom. The predicted octanol–water partition coefficient (Wildman–Crippen LogP) is 3.78. The maximum atomic E-state index is 12.7. The summed E-state index contributed by atoms with van der Waals surface area (Å²) in [7, 11) is 0. The number of ether oxygens (including phenoxy) is 2. The SMILES string of the molecule is CC(C)(C)OC(=O)N1C[C@H](OC(F)(F)F)C[C@H]1C(=O)c1ccccc1. The molecule has 2 atom stereocenters. The first-order chi connectivity index (χ1) is 11.5. The molecule has 138 valence electrons. The molecule has 1 aliphatic rings. The van der Waals surface area contributed by atoms with E-state index in [1.807, 2.05) is 0 Å². The lowest BCUT2D eigenvalue weighted by Gasteiger charge is -2.27. The molecule has 1 heterocycles. The van der Waals surface area contributed by atoms with Crippen molar-refractivity contribution in [3.63, 3.8) is 0 Å². The molecule has 0 saturated carbocycles. The van der Waals surface area contributed by atoms with E-state index in [0.29, 0.717) is 5.56 Å². The molecule has 0 aromatic heterocycles. The van der Waals surface area contributed by atoms with Gasteiger partial charge >= 0.3 is 12.5 Å². The summed E-state index contributed by atoms with van der Waals surface area (Å²) in [6, 6.07) is 7.03. The van der Waals surface area contributed by atoms with E-state index in [9.17, 15) is 22.8 Å². The minimum atomic E-state index is -4.84. The maximum absolute atomic E-state index is 12.7. The molecular formula is C17H20F3NO4. The quantitative estimate of drug-likeness (QED) is 0.771. The minimum absolute atomic E-state index is 0.244. The average molecular weight is 359 g/mol. The van der Waals surface area contributed by atoms with E-state index in [0.717, 1.165) is 4.90 Å².